The zero-order valence-corrected chi connectivity index (χ0v) is 16.7. The highest BCUT2D eigenvalue weighted by Crippen LogP contribution is 2.22. The van der Waals surface area contributed by atoms with Crippen LogP contribution < -0.4 is 0 Å². The van der Waals surface area contributed by atoms with Crippen LogP contribution in [0.25, 0.3) is 21.7 Å². The minimum Gasteiger partial charge on any atom is -0.358 e. The van der Waals surface area contributed by atoms with E-state index in [4.69, 9.17) is 12.2 Å². The number of aryl methyl sites for hydroxylation is 1. The molecule has 0 fully saturated rings. The van der Waals surface area contributed by atoms with Crippen molar-refractivity contribution in [2.45, 2.75) is 13.3 Å². The van der Waals surface area contributed by atoms with Crippen molar-refractivity contribution in [2.75, 3.05) is 0 Å². The van der Waals surface area contributed by atoms with Crippen LogP contribution in [-0.2, 0) is 6.42 Å². The third-order valence-corrected chi connectivity index (χ3v) is 5.46. The minimum atomic E-state index is 0.481. The maximum absolute atomic E-state index is 5.43. The van der Waals surface area contributed by atoms with E-state index in [0.717, 1.165) is 28.0 Å². The first-order valence-electron chi connectivity index (χ1n) is 9.45. The molecule has 0 radical (unpaired) electrons. The number of rotatable bonds is 4. The van der Waals surface area contributed by atoms with Crippen LogP contribution in [0.15, 0.2) is 71.8 Å². The van der Waals surface area contributed by atoms with Gasteiger partial charge in [0.15, 0.2) is 5.82 Å². The lowest BCUT2D eigenvalue weighted by molar-refractivity contribution is 0.793. The lowest BCUT2D eigenvalue weighted by Gasteiger charge is -2.06. The van der Waals surface area contributed by atoms with Crippen LogP contribution in [0.5, 0.6) is 0 Å². The molecular formula is C23H19N5S. The van der Waals surface area contributed by atoms with Gasteiger partial charge in [-0.3, -0.25) is 5.10 Å². The summed E-state index contributed by atoms with van der Waals surface area (Å²) in [5, 5.41) is 15.5. The minimum absolute atomic E-state index is 0.481. The Kier molecular flexibility index (Phi) is 4.33. The van der Waals surface area contributed by atoms with Crippen molar-refractivity contribution in [2.24, 2.45) is 5.10 Å². The molecule has 142 valence electrons. The Balaban J connectivity index is 1.54. The fourth-order valence-electron chi connectivity index (χ4n) is 3.75. The van der Waals surface area contributed by atoms with E-state index in [1.165, 1.54) is 16.3 Å². The number of aromatic amines is 2. The lowest BCUT2D eigenvalue weighted by atomic mass is 10.0. The fourth-order valence-corrected chi connectivity index (χ4v) is 3.95. The Morgan fingerprint density at radius 2 is 1.76 bits per heavy atom. The first-order chi connectivity index (χ1) is 14.2. The van der Waals surface area contributed by atoms with Crippen molar-refractivity contribution in [3.8, 4) is 0 Å². The second-order valence-corrected chi connectivity index (χ2v) is 7.41. The van der Waals surface area contributed by atoms with E-state index < -0.39 is 0 Å². The topological polar surface area (TPSA) is 61.8 Å². The van der Waals surface area contributed by atoms with Gasteiger partial charge >= 0.3 is 0 Å². The van der Waals surface area contributed by atoms with E-state index in [1.807, 2.05) is 25.3 Å². The smallest absolute Gasteiger partial charge is 0.216 e. The average molecular weight is 398 g/mol. The summed E-state index contributed by atoms with van der Waals surface area (Å²) in [4.78, 5) is 3.40. The van der Waals surface area contributed by atoms with Crippen LogP contribution in [-0.4, -0.2) is 26.1 Å². The molecule has 0 saturated carbocycles. The largest absolute Gasteiger partial charge is 0.358 e. The molecule has 5 aromatic rings. The molecule has 2 heterocycles. The Bertz CT molecular complexity index is 1420. The van der Waals surface area contributed by atoms with E-state index in [-0.39, 0.29) is 0 Å². The molecule has 0 amide bonds. The van der Waals surface area contributed by atoms with E-state index in [1.54, 1.807) is 4.68 Å². The van der Waals surface area contributed by atoms with Gasteiger partial charge in [-0.2, -0.15) is 14.9 Å². The first kappa shape index (κ1) is 17.6. The van der Waals surface area contributed by atoms with E-state index in [0.29, 0.717) is 11.2 Å². The summed E-state index contributed by atoms with van der Waals surface area (Å²) in [5.41, 5.74) is 4.41. The number of para-hydroxylation sites is 1. The average Bonchev–Trinajstić information content (AvgIpc) is 3.25. The molecule has 0 aliphatic carbocycles. The highest BCUT2D eigenvalue weighted by atomic mass is 32.1. The maximum Gasteiger partial charge on any atom is 0.216 e. The van der Waals surface area contributed by atoms with Gasteiger partial charge in [-0.1, -0.05) is 60.7 Å². The molecular weight excluding hydrogens is 378 g/mol. The number of hydrogen-bond donors (Lipinski definition) is 2. The third kappa shape index (κ3) is 3.17. The maximum atomic E-state index is 5.43. The molecule has 0 spiro atoms. The van der Waals surface area contributed by atoms with Gasteiger partial charge in [-0.05, 0) is 41.5 Å². The van der Waals surface area contributed by atoms with E-state index in [2.05, 4.69) is 74.9 Å². The van der Waals surface area contributed by atoms with Crippen molar-refractivity contribution < 1.29 is 0 Å². The molecule has 2 aromatic heterocycles. The van der Waals surface area contributed by atoms with Gasteiger partial charge in [-0.15, -0.1) is 0 Å². The van der Waals surface area contributed by atoms with Gasteiger partial charge in [0.25, 0.3) is 0 Å². The Labute approximate surface area is 172 Å². The van der Waals surface area contributed by atoms with Gasteiger partial charge in [0, 0.05) is 28.6 Å². The predicted octanol–water partition coefficient (Wildman–Crippen LogP) is 5.36. The molecule has 0 aliphatic heterocycles. The van der Waals surface area contributed by atoms with Crippen LogP contribution in [0.4, 0.5) is 0 Å². The van der Waals surface area contributed by atoms with Crippen LogP contribution >= 0.6 is 12.2 Å². The zero-order valence-electron chi connectivity index (χ0n) is 15.9. The van der Waals surface area contributed by atoms with Crippen molar-refractivity contribution in [1.29, 1.82) is 0 Å². The molecule has 5 nitrogen and oxygen atoms in total. The van der Waals surface area contributed by atoms with Crippen molar-refractivity contribution in [1.82, 2.24) is 19.9 Å². The fraction of sp³-hybridized carbons (Fsp3) is 0.0870. The molecule has 0 unspecified atom stereocenters. The highest BCUT2D eigenvalue weighted by Gasteiger charge is 2.10. The van der Waals surface area contributed by atoms with Crippen molar-refractivity contribution in [3.05, 3.63) is 94.1 Å². The van der Waals surface area contributed by atoms with E-state index >= 15 is 0 Å². The molecule has 0 atom stereocenters. The normalized spacial score (nSPS) is 11.8. The summed E-state index contributed by atoms with van der Waals surface area (Å²) < 4.78 is 2.19. The monoisotopic (exact) mass is 397 g/mol. The number of nitrogens with one attached hydrogen (secondary N) is 2. The number of fused-ring (bicyclic) bond motifs is 2. The van der Waals surface area contributed by atoms with Crippen molar-refractivity contribution >= 4 is 40.1 Å². The highest BCUT2D eigenvalue weighted by molar-refractivity contribution is 7.71. The molecule has 5 rings (SSSR count). The molecule has 3 aromatic carbocycles. The summed E-state index contributed by atoms with van der Waals surface area (Å²) in [6, 6.07) is 22.9. The van der Waals surface area contributed by atoms with Gasteiger partial charge in [0.2, 0.25) is 4.77 Å². The second kappa shape index (κ2) is 7.14. The Hall–Kier alpha value is -3.51. The van der Waals surface area contributed by atoms with Crippen LogP contribution in [0.3, 0.4) is 0 Å². The molecule has 0 bridgehead atoms. The SMILES string of the molecule is Cc1[nH]c2ccccc2c1/C=N/n1c(Cc2cccc3ccccc23)n[nH]c1=S. The second-order valence-electron chi connectivity index (χ2n) is 7.03. The molecule has 0 saturated heterocycles. The lowest BCUT2D eigenvalue weighted by Crippen LogP contribution is -2.01. The van der Waals surface area contributed by atoms with Gasteiger partial charge < -0.3 is 4.98 Å². The number of benzene rings is 3. The summed E-state index contributed by atoms with van der Waals surface area (Å²) in [5.74, 6) is 0.778. The molecule has 6 heteroatoms. The molecule has 29 heavy (non-hydrogen) atoms. The Morgan fingerprint density at radius 3 is 2.66 bits per heavy atom. The van der Waals surface area contributed by atoms with Gasteiger partial charge in [-0.25, -0.2) is 0 Å². The number of aromatic nitrogens is 4. The zero-order chi connectivity index (χ0) is 19.8. The summed E-state index contributed by atoms with van der Waals surface area (Å²) in [6.45, 7) is 2.05. The summed E-state index contributed by atoms with van der Waals surface area (Å²) >= 11 is 5.43. The number of nitrogens with zero attached hydrogens (tertiary/aromatic N) is 3. The standard InChI is InChI=1S/C23H19N5S/c1-15-20(19-11-4-5-12-21(19)25-15)14-24-28-22(26-27-23(28)29)13-17-9-6-8-16-7-2-3-10-18(16)17/h2-12,14,25H,13H2,1H3,(H,27,29)/b24-14+. The summed E-state index contributed by atoms with van der Waals surface area (Å²) in [6.07, 6.45) is 2.49. The molecule has 0 aliphatic rings. The number of hydrogen-bond acceptors (Lipinski definition) is 3. The summed E-state index contributed by atoms with van der Waals surface area (Å²) in [7, 11) is 0. The van der Waals surface area contributed by atoms with Crippen LogP contribution in [0.1, 0.15) is 22.6 Å². The van der Waals surface area contributed by atoms with E-state index in [9.17, 15) is 0 Å². The first-order valence-corrected chi connectivity index (χ1v) is 9.86. The molecule has 2 N–H and O–H groups in total. The van der Waals surface area contributed by atoms with Crippen molar-refractivity contribution in [3.63, 3.8) is 0 Å². The van der Waals surface area contributed by atoms with Gasteiger partial charge in [0.05, 0.1) is 6.21 Å². The van der Waals surface area contributed by atoms with Crippen LogP contribution in [0.2, 0.25) is 0 Å². The predicted molar refractivity (Wildman–Crippen MR) is 120 cm³/mol. The third-order valence-electron chi connectivity index (χ3n) is 5.19. The van der Waals surface area contributed by atoms with Crippen LogP contribution in [0, 0.1) is 11.7 Å². The quantitative estimate of drug-likeness (QED) is 0.317. The number of H-pyrrole nitrogens is 2. The van der Waals surface area contributed by atoms with Gasteiger partial charge in [0.1, 0.15) is 0 Å². The Morgan fingerprint density at radius 1 is 1.00 bits per heavy atom.